The molecule has 0 fully saturated rings. The van der Waals surface area contributed by atoms with E-state index in [-0.39, 0.29) is 5.91 Å². The molecule has 3 aromatic carbocycles. The van der Waals surface area contributed by atoms with E-state index in [1.54, 1.807) is 16.8 Å². The van der Waals surface area contributed by atoms with Crippen LogP contribution >= 0.6 is 11.8 Å². The number of carbonyl (C=O) groups excluding carboxylic acids is 1. The zero-order valence-electron chi connectivity index (χ0n) is 21.7. The summed E-state index contributed by atoms with van der Waals surface area (Å²) < 4.78 is 12.1. The molecule has 0 aliphatic carbocycles. The number of hydrogen-bond acceptors (Lipinski definition) is 7. The summed E-state index contributed by atoms with van der Waals surface area (Å²) in [5.41, 5.74) is 2.44. The first-order valence-corrected chi connectivity index (χ1v) is 14.1. The Morgan fingerprint density at radius 1 is 0.947 bits per heavy atom. The van der Waals surface area contributed by atoms with Crippen molar-refractivity contribution in [2.75, 3.05) is 12.4 Å². The minimum atomic E-state index is -0.514. The Hall–Kier alpha value is -3.78. The van der Waals surface area contributed by atoms with Gasteiger partial charge in [-0.2, -0.15) is 0 Å². The molecule has 0 bridgehead atoms. The first-order chi connectivity index (χ1) is 18.7. The molecule has 2 heterocycles. The molecule has 2 aliphatic rings. The molecule has 196 valence electrons. The first kappa shape index (κ1) is 25.9. The van der Waals surface area contributed by atoms with Crippen LogP contribution < -0.4 is 25.4 Å². The Morgan fingerprint density at radius 3 is 2.58 bits per heavy atom. The number of thioether (sulfide) groups is 1. The molecule has 0 saturated heterocycles. The summed E-state index contributed by atoms with van der Waals surface area (Å²) in [5, 5.41) is 11.7. The molecule has 8 heteroatoms. The van der Waals surface area contributed by atoms with Crippen LogP contribution in [-0.4, -0.2) is 28.4 Å². The molecule has 2 aliphatic heterocycles. The molecule has 3 aromatic rings. The van der Waals surface area contributed by atoms with Gasteiger partial charge in [0.25, 0.3) is 5.91 Å². The standard InChI is InChI=1S/C30H32N4O3S/c1-3-5-11-18-38-30-32-29(35)27-23-14-9-10-15-24(23)31-28(34(27)33-30)22-16-17-25(26(19-22)36-4-2)37-20-21-12-7-6-8-13-21/h6-10,12-17,19,28H,3-5,11,18,20H2,1-2H3,(H,32,33,35)/t28-/m0/s1. The third-order valence-electron chi connectivity index (χ3n) is 6.30. The minimum Gasteiger partial charge on any atom is -0.490 e. The summed E-state index contributed by atoms with van der Waals surface area (Å²) >= 11 is 1.57. The molecule has 7 nitrogen and oxygen atoms in total. The largest absolute Gasteiger partial charge is 0.490 e. The fraction of sp³-hybridized carbons (Fsp3) is 0.300. The number of amides is 1. The van der Waals surface area contributed by atoms with Gasteiger partial charge in [0.05, 0.1) is 12.0 Å². The van der Waals surface area contributed by atoms with Gasteiger partial charge in [0.1, 0.15) is 12.3 Å². The fourth-order valence-electron chi connectivity index (χ4n) is 4.44. The van der Waals surface area contributed by atoms with Crippen molar-refractivity contribution in [3.05, 3.63) is 94.5 Å². The highest BCUT2D eigenvalue weighted by molar-refractivity contribution is 8.13. The second-order valence-corrected chi connectivity index (χ2v) is 10.1. The second-order valence-electron chi connectivity index (χ2n) is 9.04. The lowest BCUT2D eigenvalue weighted by Crippen LogP contribution is -2.50. The van der Waals surface area contributed by atoms with Gasteiger partial charge in [-0.25, -0.2) is 5.01 Å². The number of nitrogens with one attached hydrogen (secondary N) is 1. The zero-order valence-corrected chi connectivity index (χ0v) is 22.5. The van der Waals surface area contributed by atoms with E-state index in [0.717, 1.165) is 46.7 Å². The number of para-hydroxylation sites is 1. The van der Waals surface area contributed by atoms with E-state index in [0.29, 0.717) is 35.6 Å². The van der Waals surface area contributed by atoms with Crippen LogP contribution in [0.4, 0.5) is 0 Å². The molecule has 1 N–H and O–H groups in total. The van der Waals surface area contributed by atoms with Gasteiger partial charge in [-0.05, 0) is 37.1 Å². The molecule has 0 spiro atoms. The Balaban J connectivity index is 1.49. The predicted molar refractivity (Wildman–Crippen MR) is 151 cm³/mol. The van der Waals surface area contributed by atoms with E-state index in [1.807, 2.05) is 79.7 Å². The van der Waals surface area contributed by atoms with Gasteiger partial charge in [-0.15, -0.1) is 5.10 Å². The third-order valence-corrected chi connectivity index (χ3v) is 7.25. The molecular weight excluding hydrogens is 496 g/mol. The lowest BCUT2D eigenvalue weighted by atomic mass is 10.1. The highest BCUT2D eigenvalue weighted by atomic mass is 32.2. The number of fused-ring (bicyclic) bond motifs is 2. The number of benzene rings is 3. The van der Waals surface area contributed by atoms with Gasteiger partial charge in [0, 0.05) is 16.5 Å². The van der Waals surface area contributed by atoms with Gasteiger partial charge in [-0.3, -0.25) is 15.1 Å². The van der Waals surface area contributed by atoms with Crippen molar-refractivity contribution >= 4 is 28.5 Å². The van der Waals surface area contributed by atoms with Crippen molar-refractivity contribution in [1.82, 2.24) is 10.3 Å². The maximum Gasteiger partial charge on any atom is 0.276 e. The molecular formula is C30H32N4O3S. The molecule has 5 rings (SSSR count). The quantitative estimate of drug-likeness (QED) is 0.385. The number of ether oxygens (including phenoxy) is 2. The summed E-state index contributed by atoms with van der Waals surface area (Å²) in [6, 6.07) is 23.5. The normalized spacial score (nSPS) is 16.1. The number of hydrogen-bond donors (Lipinski definition) is 1. The molecule has 1 atom stereocenters. The van der Waals surface area contributed by atoms with Gasteiger partial charge in [0.2, 0.25) is 0 Å². The average molecular weight is 529 g/mol. The highest BCUT2D eigenvalue weighted by Crippen LogP contribution is 2.36. The number of amidine groups is 1. The Labute approximate surface area is 227 Å². The molecule has 1 amide bonds. The molecule has 0 unspecified atom stereocenters. The van der Waals surface area contributed by atoms with E-state index in [2.05, 4.69) is 12.2 Å². The van der Waals surface area contributed by atoms with E-state index < -0.39 is 6.17 Å². The van der Waals surface area contributed by atoms with Crippen molar-refractivity contribution in [2.45, 2.75) is 45.9 Å². The highest BCUT2D eigenvalue weighted by Gasteiger charge is 2.34. The lowest BCUT2D eigenvalue weighted by molar-refractivity contribution is -0.116. The maximum atomic E-state index is 13.3. The van der Waals surface area contributed by atoms with Gasteiger partial charge in [0.15, 0.2) is 22.8 Å². The van der Waals surface area contributed by atoms with E-state index in [1.165, 1.54) is 0 Å². The minimum absolute atomic E-state index is 0.168. The fourth-order valence-corrected chi connectivity index (χ4v) is 5.29. The first-order valence-electron chi connectivity index (χ1n) is 13.1. The van der Waals surface area contributed by atoms with Crippen LogP contribution in [0.5, 0.6) is 11.5 Å². The smallest absolute Gasteiger partial charge is 0.276 e. The maximum absolute atomic E-state index is 13.3. The monoisotopic (exact) mass is 528 g/mol. The van der Waals surface area contributed by atoms with Crippen LogP contribution in [0.2, 0.25) is 0 Å². The molecule has 0 radical (unpaired) electrons. The summed E-state index contributed by atoms with van der Waals surface area (Å²) in [5.74, 6) is 2.03. The topological polar surface area (TPSA) is 75.5 Å². The van der Waals surface area contributed by atoms with Gasteiger partial charge < -0.3 is 9.47 Å². The lowest BCUT2D eigenvalue weighted by Gasteiger charge is -2.34. The van der Waals surface area contributed by atoms with Gasteiger partial charge in [-0.1, -0.05) is 86.1 Å². The SMILES string of the molecule is CCCCCSC1=NN2C(=c3ccccc3=N[C@@H]2c2ccc(OCc3ccccc3)c(OCC)c2)C(=O)N1. The van der Waals surface area contributed by atoms with Gasteiger partial charge >= 0.3 is 0 Å². The van der Waals surface area contributed by atoms with Crippen molar-refractivity contribution in [2.24, 2.45) is 10.1 Å². The Morgan fingerprint density at radius 2 is 1.76 bits per heavy atom. The number of nitrogens with zero attached hydrogens (tertiary/aromatic N) is 3. The van der Waals surface area contributed by atoms with E-state index in [4.69, 9.17) is 19.6 Å². The number of rotatable bonds is 10. The van der Waals surface area contributed by atoms with Crippen LogP contribution in [0.25, 0.3) is 5.70 Å². The number of hydrazone groups is 1. The van der Waals surface area contributed by atoms with E-state index in [9.17, 15) is 4.79 Å². The summed E-state index contributed by atoms with van der Waals surface area (Å²) in [4.78, 5) is 18.4. The molecule has 0 aromatic heterocycles. The van der Waals surface area contributed by atoms with Crippen LogP contribution in [0.3, 0.4) is 0 Å². The van der Waals surface area contributed by atoms with E-state index >= 15 is 0 Å². The third kappa shape index (κ3) is 5.70. The molecule has 38 heavy (non-hydrogen) atoms. The summed E-state index contributed by atoms with van der Waals surface area (Å²) in [6.07, 6.45) is 2.86. The Bertz CT molecular complexity index is 1440. The number of carbonyl (C=O) groups is 1. The van der Waals surface area contributed by atoms with Crippen LogP contribution in [0, 0.1) is 0 Å². The number of unbranched alkanes of at least 4 members (excludes halogenated alkanes) is 2. The predicted octanol–water partition coefficient (Wildman–Crippen LogP) is 4.73. The van der Waals surface area contributed by atoms with Crippen molar-refractivity contribution in [1.29, 1.82) is 0 Å². The van der Waals surface area contributed by atoms with Crippen LogP contribution in [-0.2, 0) is 11.4 Å². The second kappa shape index (κ2) is 12.2. The van der Waals surface area contributed by atoms with Crippen LogP contribution in [0.15, 0.2) is 82.9 Å². The van der Waals surface area contributed by atoms with Crippen molar-refractivity contribution < 1.29 is 14.3 Å². The summed E-state index contributed by atoms with van der Waals surface area (Å²) in [7, 11) is 0. The zero-order chi connectivity index (χ0) is 26.3. The Kier molecular flexibility index (Phi) is 8.28. The average Bonchev–Trinajstić information content (AvgIpc) is 2.95. The van der Waals surface area contributed by atoms with Crippen molar-refractivity contribution in [3.63, 3.8) is 0 Å². The van der Waals surface area contributed by atoms with Crippen LogP contribution in [0.1, 0.15) is 50.4 Å². The molecule has 0 saturated carbocycles. The summed E-state index contributed by atoms with van der Waals surface area (Å²) in [6.45, 7) is 5.06. The van der Waals surface area contributed by atoms with Crippen molar-refractivity contribution in [3.8, 4) is 11.5 Å².